The first-order chi connectivity index (χ1) is 11.8. The van der Waals surface area contributed by atoms with Gasteiger partial charge in [0.15, 0.2) is 0 Å². The van der Waals surface area contributed by atoms with E-state index in [4.69, 9.17) is 0 Å². The first kappa shape index (κ1) is 26.1. The zero-order valence-electron chi connectivity index (χ0n) is 17.4. The summed E-state index contributed by atoms with van der Waals surface area (Å²) < 4.78 is 0. The molecule has 2 N–H and O–H groups in total. The number of hydrogen-bond donors (Lipinski definition) is 2. The quantitative estimate of drug-likeness (QED) is 0.353. The van der Waals surface area contributed by atoms with E-state index in [2.05, 4.69) is 31.1 Å². The number of Topliss-reactive ketones (excluding diaryl/α,β-unsaturated/α-hetero) is 1. The normalized spacial score (nSPS) is 10.2. The van der Waals surface area contributed by atoms with Gasteiger partial charge in [0.05, 0.1) is 0 Å². The van der Waals surface area contributed by atoms with Crippen LogP contribution in [0.4, 0.5) is 0 Å². The van der Waals surface area contributed by atoms with Gasteiger partial charge in [0, 0.05) is 25.8 Å². The van der Waals surface area contributed by atoms with Crippen LogP contribution < -0.4 is 10.6 Å². The number of allylic oxidation sites excluding steroid dienone is 1. The molecule has 0 aromatic rings. The number of ketones is 1. The van der Waals surface area contributed by atoms with E-state index < -0.39 is 0 Å². The van der Waals surface area contributed by atoms with Crippen LogP contribution in [0.2, 0.25) is 0 Å². The number of carbonyl (C=O) groups is 2. The minimum absolute atomic E-state index is 0.151. The van der Waals surface area contributed by atoms with Crippen LogP contribution in [-0.4, -0.2) is 31.8 Å². The molecule has 0 bridgehead atoms. The summed E-state index contributed by atoms with van der Waals surface area (Å²) in [4.78, 5) is 22.0. The van der Waals surface area contributed by atoms with Crippen LogP contribution in [0.1, 0.15) is 85.5 Å². The smallest absolute Gasteiger partial charge is 0.220 e. The van der Waals surface area contributed by atoms with Gasteiger partial charge < -0.3 is 10.6 Å². The fourth-order valence-electron chi connectivity index (χ4n) is 2.05. The summed E-state index contributed by atoms with van der Waals surface area (Å²) in [5, 5.41) is 6.06. The molecule has 0 heterocycles. The second-order valence-corrected chi connectivity index (χ2v) is 7.15. The highest BCUT2D eigenvalue weighted by atomic mass is 16.1. The molecule has 0 rings (SSSR count). The molecule has 4 nitrogen and oxygen atoms in total. The lowest BCUT2D eigenvalue weighted by molar-refractivity contribution is -0.121. The zero-order valence-corrected chi connectivity index (χ0v) is 17.4. The number of hydrogen-bond acceptors (Lipinski definition) is 3. The maximum Gasteiger partial charge on any atom is 0.220 e. The molecule has 0 unspecified atom stereocenters. The molecule has 0 spiro atoms. The summed E-state index contributed by atoms with van der Waals surface area (Å²) in [6.45, 7) is 13.8. The van der Waals surface area contributed by atoms with Gasteiger partial charge in [-0.2, -0.15) is 0 Å². The second-order valence-electron chi connectivity index (χ2n) is 7.15. The minimum Gasteiger partial charge on any atom is -0.356 e. The molecule has 1 amide bonds. The number of nitrogens with one attached hydrogen (secondary N) is 2. The Bertz CT molecular complexity index is 352. The largest absolute Gasteiger partial charge is 0.356 e. The average molecular weight is 355 g/mol. The summed E-state index contributed by atoms with van der Waals surface area (Å²) in [5.41, 5.74) is 1.07. The van der Waals surface area contributed by atoms with E-state index in [1.54, 1.807) is 0 Å². The SMILES string of the molecule is C=C(C)CCC(=O)NCCCCCCNC.CCC(=O)CCC(C)C. The summed E-state index contributed by atoms with van der Waals surface area (Å²) in [6, 6.07) is 0. The van der Waals surface area contributed by atoms with Crippen LogP contribution in [-0.2, 0) is 9.59 Å². The molecule has 0 aromatic heterocycles. The lowest BCUT2D eigenvalue weighted by Crippen LogP contribution is -2.24. The van der Waals surface area contributed by atoms with E-state index in [0.717, 1.165) is 44.3 Å². The summed E-state index contributed by atoms with van der Waals surface area (Å²) in [5.74, 6) is 1.21. The first-order valence-corrected chi connectivity index (χ1v) is 9.90. The Kier molecular flexibility index (Phi) is 20.0. The fourth-order valence-corrected chi connectivity index (χ4v) is 2.05. The van der Waals surface area contributed by atoms with Crippen molar-refractivity contribution in [3.8, 4) is 0 Å². The van der Waals surface area contributed by atoms with Crippen molar-refractivity contribution in [2.75, 3.05) is 20.1 Å². The molecule has 0 aromatic carbocycles. The highest BCUT2D eigenvalue weighted by Crippen LogP contribution is 2.04. The van der Waals surface area contributed by atoms with Gasteiger partial charge in [-0.05, 0) is 52.1 Å². The van der Waals surface area contributed by atoms with Crippen molar-refractivity contribution in [2.45, 2.75) is 85.5 Å². The van der Waals surface area contributed by atoms with Gasteiger partial charge in [-0.25, -0.2) is 0 Å². The number of amides is 1. The molecule has 0 aliphatic heterocycles. The summed E-state index contributed by atoms with van der Waals surface area (Å²) >= 11 is 0. The van der Waals surface area contributed by atoms with Crippen molar-refractivity contribution < 1.29 is 9.59 Å². The Balaban J connectivity index is 0. The van der Waals surface area contributed by atoms with Gasteiger partial charge in [0.25, 0.3) is 0 Å². The van der Waals surface area contributed by atoms with Crippen LogP contribution in [0.25, 0.3) is 0 Å². The van der Waals surface area contributed by atoms with Crippen molar-refractivity contribution in [2.24, 2.45) is 5.92 Å². The maximum absolute atomic E-state index is 11.3. The predicted molar refractivity (Wildman–Crippen MR) is 109 cm³/mol. The van der Waals surface area contributed by atoms with Gasteiger partial charge in [-0.15, -0.1) is 6.58 Å². The molecule has 0 aliphatic rings. The average Bonchev–Trinajstić information content (AvgIpc) is 2.57. The van der Waals surface area contributed by atoms with E-state index in [1.165, 1.54) is 19.3 Å². The molecular formula is C21H42N2O2. The van der Waals surface area contributed by atoms with Crippen LogP contribution in [0.5, 0.6) is 0 Å². The van der Waals surface area contributed by atoms with Crippen LogP contribution >= 0.6 is 0 Å². The molecule has 0 saturated carbocycles. The summed E-state index contributed by atoms with van der Waals surface area (Å²) in [6.07, 6.45) is 8.64. The Morgan fingerprint density at radius 3 is 2.04 bits per heavy atom. The number of unbranched alkanes of at least 4 members (excludes halogenated alkanes) is 3. The highest BCUT2D eigenvalue weighted by molar-refractivity contribution is 5.77. The van der Waals surface area contributed by atoms with E-state index in [-0.39, 0.29) is 5.91 Å². The Morgan fingerprint density at radius 1 is 0.960 bits per heavy atom. The van der Waals surface area contributed by atoms with Crippen molar-refractivity contribution >= 4 is 11.7 Å². The molecule has 25 heavy (non-hydrogen) atoms. The molecule has 148 valence electrons. The lowest BCUT2D eigenvalue weighted by atomic mass is 10.1. The zero-order chi connectivity index (χ0) is 19.5. The monoisotopic (exact) mass is 354 g/mol. The maximum atomic E-state index is 11.3. The third kappa shape index (κ3) is 25.2. The third-order valence-corrected chi connectivity index (χ3v) is 3.85. The topological polar surface area (TPSA) is 58.2 Å². The van der Waals surface area contributed by atoms with Crippen molar-refractivity contribution in [3.63, 3.8) is 0 Å². The molecule has 0 atom stereocenters. The fraction of sp³-hybridized carbons (Fsp3) is 0.810. The first-order valence-electron chi connectivity index (χ1n) is 9.90. The number of rotatable bonds is 14. The van der Waals surface area contributed by atoms with Crippen LogP contribution in [0.3, 0.4) is 0 Å². The van der Waals surface area contributed by atoms with E-state index >= 15 is 0 Å². The van der Waals surface area contributed by atoms with Gasteiger partial charge in [0.1, 0.15) is 5.78 Å². The van der Waals surface area contributed by atoms with Gasteiger partial charge in [-0.1, -0.05) is 39.2 Å². The van der Waals surface area contributed by atoms with Gasteiger partial charge in [0.2, 0.25) is 5.91 Å². The lowest BCUT2D eigenvalue weighted by Gasteiger charge is -2.05. The van der Waals surface area contributed by atoms with E-state index in [0.29, 0.717) is 24.5 Å². The molecule has 0 saturated heterocycles. The highest BCUT2D eigenvalue weighted by Gasteiger charge is 2.00. The molecule has 0 aliphatic carbocycles. The van der Waals surface area contributed by atoms with Crippen LogP contribution in [0, 0.1) is 5.92 Å². The summed E-state index contributed by atoms with van der Waals surface area (Å²) in [7, 11) is 1.97. The predicted octanol–water partition coefficient (Wildman–Crippen LogP) is 4.64. The molecule has 0 radical (unpaired) electrons. The van der Waals surface area contributed by atoms with Crippen molar-refractivity contribution in [3.05, 3.63) is 12.2 Å². The number of carbonyl (C=O) groups excluding carboxylic acids is 2. The molecular weight excluding hydrogens is 312 g/mol. The van der Waals surface area contributed by atoms with E-state index in [9.17, 15) is 9.59 Å². The Morgan fingerprint density at radius 2 is 1.56 bits per heavy atom. The van der Waals surface area contributed by atoms with Crippen LogP contribution in [0.15, 0.2) is 12.2 Å². The third-order valence-electron chi connectivity index (χ3n) is 3.85. The van der Waals surface area contributed by atoms with Gasteiger partial charge >= 0.3 is 0 Å². The Labute approximate surface area is 156 Å². The second kappa shape index (κ2) is 19.2. The Hall–Kier alpha value is -1.16. The van der Waals surface area contributed by atoms with Crippen molar-refractivity contribution in [1.29, 1.82) is 0 Å². The molecule has 0 fully saturated rings. The molecule has 4 heteroatoms. The minimum atomic E-state index is 0.151. The van der Waals surface area contributed by atoms with Gasteiger partial charge in [-0.3, -0.25) is 9.59 Å². The standard InChI is InChI=1S/C13H26N2O.C8H16O/c1-12(2)8-9-13(16)15-11-7-5-4-6-10-14-3;1-4-8(9)6-5-7(2)3/h14H,1,4-11H2,2-3H3,(H,15,16);7H,4-6H2,1-3H3. The van der Waals surface area contributed by atoms with E-state index in [1.807, 2.05) is 20.9 Å². The van der Waals surface area contributed by atoms with Crippen molar-refractivity contribution in [1.82, 2.24) is 10.6 Å².